The number of nitrogens with one attached hydrogen (secondary N) is 2. The molecular formula is C14H18N2O4. The maximum absolute atomic E-state index is 11.9. The lowest BCUT2D eigenvalue weighted by Crippen LogP contribution is -2.44. The third kappa shape index (κ3) is 2.74. The third-order valence-corrected chi connectivity index (χ3v) is 3.86. The van der Waals surface area contributed by atoms with Crippen molar-refractivity contribution in [3.8, 4) is 0 Å². The molecule has 0 bridgehead atoms. The Balaban J connectivity index is 2.01. The van der Waals surface area contributed by atoms with Crippen molar-refractivity contribution in [1.82, 2.24) is 10.3 Å². The fourth-order valence-electron chi connectivity index (χ4n) is 2.52. The highest BCUT2D eigenvalue weighted by Crippen LogP contribution is 2.34. The molecule has 0 aromatic carbocycles. The van der Waals surface area contributed by atoms with Gasteiger partial charge in [-0.1, -0.05) is 0 Å². The molecule has 0 radical (unpaired) electrons. The van der Waals surface area contributed by atoms with Crippen LogP contribution in [0, 0.1) is 25.7 Å². The molecule has 108 valence electrons. The maximum Gasteiger partial charge on any atom is 0.307 e. The molecule has 2 unspecified atom stereocenters. The van der Waals surface area contributed by atoms with Gasteiger partial charge < -0.3 is 15.4 Å². The fourth-order valence-corrected chi connectivity index (χ4v) is 2.52. The second kappa shape index (κ2) is 5.48. The Morgan fingerprint density at radius 1 is 1.35 bits per heavy atom. The Hall–Kier alpha value is -2.11. The first-order chi connectivity index (χ1) is 9.40. The topological polar surface area (TPSA) is 99.3 Å². The first kappa shape index (κ1) is 14.3. The van der Waals surface area contributed by atoms with Gasteiger partial charge >= 0.3 is 5.97 Å². The summed E-state index contributed by atoms with van der Waals surface area (Å²) in [5.74, 6) is -2.28. The van der Waals surface area contributed by atoms with Crippen LogP contribution in [0.5, 0.6) is 0 Å². The van der Waals surface area contributed by atoms with Crippen LogP contribution < -0.4 is 10.9 Å². The number of aryl methyl sites for hydroxylation is 2. The van der Waals surface area contributed by atoms with Gasteiger partial charge in [0.2, 0.25) is 5.91 Å². The minimum absolute atomic E-state index is 0.128. The number of carboxylic acids is 1. The number of H-pyrrole nitrogens is 1. The lowest BCUT2D eigenvalue weighted by molar-refractivity contribution is -0.152. The minimum atomic E-state index is -0.930. The van der Waals surface area contributed by atoms with Crippen molar-refractivity contribution in [3.63, 3.8) is 0 Å². The van der Waals surface area contributed by atoms with E-state index in [0.29, 0.717) is 18.4 Å². The highest BCUT2D eigenvalue weighted by atomic mass is 16.4. The van der Waals surface area contributed by atoms with Crippen LogP contribution in [0.3, 0.4) is 0 Å². The molecule has 2 atom stereocenters. The molecule has 0 aliphatic heterocycles. The number of aromatic nitrogens is 1. The Labute approximate surface area is 116 Å². The Bertz CT molecular complexity index is 606. The number of aromatic amines is 1. The zero-order valence-corrected chi connectivity index (χ0v) is 11.5. The number of carboxylic acid groups (broad SMARTS) is 1. The standard InChI is InChI=1S/C14H18N2O4/c1-7-5-8(2)16-13(18)11(7)6-15-12(17)9-3-4-10(9)14(19)20/h5,9-10H,3-4,6H2,1-2H3,(H,15,17)(H,16,18)(H,19,20). The van der Waals surface area contributed by atoms with Crippen LogP contribution in [0.15, 0.2) is 10.9 Å². The number of hydrogen-bond donors (Lipinski definition) is 3. The lowest BCUT2D eigenvalue weighted by atomic mass is 9.73. The van der Waals surface area contributed by atoms with Crippen molar-refractivity contribution in [2.45, 2.75) is 33.2 Å². The summed E-state index contributed by atoms with van der Waals surface area (Å²) >= 11 is 0. The Kier molecular flexibility index (Phi) is 3.92. The second-order valence-corrected chi connectivity index (χ2v) is 5.29. The Morgan fingerprint density at radius 3 is 2.50 bits per heavy atom. The van der Waals surface area contributed by atoms with Gasteiger partial charge in [-0.15, -0.1) is 0 Å². The zero-order valence-electron chi connectivity index (χ0n) is 11.5. The van der Waals surface area contributed by atoms with E-state index in [1.54, 1.807) is 6.92 Å². The number of pyridine rings is 1. The van der Waals surface area contributed by atoms with Crippen molar-refractivity contribution in [2.75, 3.05) is 0 Å². The largest absolute Gasteiger partial charge is 0.481 e. The molecule has 1 aliphatic rings. The monoisotopic (exact) mass is 278 g/mol. The zero-order chi connectivity index (χ0) is 14.9. The number of carbonyl (C=O) groups is 2. The molecule has 3 N–H and O–H groups in total. The number of aliphatic carboxylic acids is 1. The first-order valence-electron chi connectivity index (χ1n) is 6.60. The number of amides is 1. The second-order valence-electron chi connectivity index (χ2n) is 5.29. The van der Waals surface area contributed by atoms with Crippen LogP contribution in [-0.4, -0.2) is 22.0 Å². The summed E-state index contributed by atoms with van der Waals surface area (Å²) in [7, 11) is 0. The predicted octanol–water partition coefficient (Wildman–Crippen LogP) is 0.719. The van der Waals surface area contributed by atoms with Gasteiger partial charge in [-0.05, 0) is 38.3 Å². The summed E-state index contributed by atoms with van der Waals surface area (Å²) in [6.07, 6.45) is 1.13. The molecule has 1 aromatic rings. The van der Waals surface area contributed by atoms with Crippen LogP contribution in [0.25, 0.3) is 0 Å². The normalized spacial score (nSPS) is 21.1. The fraction of sp³-hybridized carbons (Fsp3) is 0.500. The van der Waals surface area contributed by atoms with E-state index in [0.717, 1.165) is 11.3 Å². The number of rotatable bonds is 4. The molecule has 1 amide bonds. The highest BCUT2D eigenvalue weighted by Gasteiger charge is 2.41. The van der Waals surface area contributed by atoms with Crippen LogP contribution in [-0.2, 0) is 16.1 Å². The summed E-state index contributed by atoms with van der Waals surface area (Å²) < 4.78 is 0. The third-order valence-electron chi connectivity index (χ3n) is 3.86. The van der Waals surface area contributed by atoms with Crippen molar-refractivity contribution in [3.05, 3.63) is 33.2 Å². The average Bonchev–Trinajstić information content (AvgIpc) is 2.24. The molecule has 1 aromatic heterocycles. The van der Waals surface area contributed by atoms with Crippen molar-refractivity contribution in [2.24, 2.45) is 11.8 Å². The molecule has 20 heavy (non-hydrogen) atoms. The quantitative estimate of drug-likeness (QED) is 0.755. The average molecular weight is 278 g/mol. The summed E-state index contributed by atoms with van der Waals surface area (Å²) in [5, 5.41) is 11.6. The van der Waals surface area contributed by atoms with Crippen molar-refractivity contribution >= 4 is 11.9 Å². The molecular weight excluding hydrogens is 260 g/mol. The summed E-state index contributed by atoms with van der Waals surface area (Å²) in [6, 6.07) is 1.84. The molecule has 1 fully saturated rings. The van der Waals surface area contributed by atoms with E-state index >= 15 is 0 Å². The van der Waals surface area contributed by atoms with Gasteiger partial charge in [0, 0.05) is 17.8 Å². The Morgan fingerprint density at radius 2 is 2.00 bits per heavy atom. The summed E-state index contributed by atoms with van der Waals surface area (Å²) in [6.45, 7) is 3.73. The molecule has 1 heterocycles. The van der Waals surface area contributed by atoms with Gasteiger partial charge in [-0.3, -0.25) is 14.4 Å². The van der Waals surface area contributed by atoms with E-state index < -0.39 is 17.8 Å². The predicted molar refractivity (Wildman–Crippen MR) is 72.2 cm³/mol. The van der Waals surface area contributed by atoms with E-state index in [2.05, 4.69) is 10.3 Å². The molecule has 0 spiro atoms. The van der Waals surface area contributed by atoms with E-state index in [4.69, 9.17) is 5.11 Å². The van der Waals surface area contributed by atoms with Crippen LogP contribution in [0.1, 0.15) is 29.7 Å². The van der Waals surface area contributed by atoms with Gasteiger partial charge in [-0.25, -0.2) is 0 Å². The molecule has 2 rings (SSSR count). The molecule has 1 aliphatic carbocycles. The van der Waals surface area contributed by atoms with E-state index in [1.807, 2.05) is 13.0 Å². The number of carbonyl (C=O) groups excluding carboxylic acids is 1. The van der Waals surface area contributed by atoms with E-state index in [9.17, 15) is 14.4 Å². The van der Waals surface area contributed by atoms with E-state index in [1.165, 1.54) is 0 Å². The van der Waals surface area contributed by atoms with Crippen LogP contribution in [0.4, 0.5) is 0 Å². The van der Waals surface area contributed by atoms with Crippen LogP contribution in [0.2, 0.25) is 0 Å². The maximum atomic E-state index is 11.9. The highest BCUT2D eigenvalue weighted by molar-refractivity contribution is 5.86. The van der Waals surface area contributed by atoms with Gasteiger partial charge in [-0.2, -0.15) is 0 Å². The van der Waals surface area contributed by atoms with Gasteiger partial charge in [0.05, 0.1) is 11.8 Å². The lowest BCUT2D eigenvalue weighted by Gasteiger charge is -2.31. The van der Waals surface area contributed by atoms with Gasteiger partial charge in [0.25, 0.3) is 5.56 Å². The number of hydrogen-bond acceptors (Lipinski definition) is 3. The van der Waals surface area contributed by atoms with E-state index in [-0.39, 0.29) is 18.0 Å². The molecule has 6 nitrogen and oxygen atoms in total. The summed E-state index contributed by atoms with van der Waals surface area (Å²) in [5.41, 5.74) is 1.88. The smallest absolute Gasteiger partial charge is 0.307 e. The molecule has 0 saturated heterocycles. The van der Waals surface area contributed by atoms with Gasteiger partial charge in [0.1, 0.15) is 0 Å². The minimum Gasteiger partial charge on any atom is -0.481 e. The summed E-state index contributed by atoms with van der Waals surface area (Å²) in [4.78, 5) is 37.3. The SMILES string of the molecule is Cc1cc(C)c(CNC(=O)C2CCC2C(=O)O)c(=O)[nH]1. The molecule has 6 heteroatoms. The molecule has 1 saturated carbocycles. The van der Waals surface area contributed by atoms with Gasteiger partial charge in [0.15, 0.2) is 0 Å². The van der Waals surface area contributed by atoms with Crippen LogP contribution >= 0.6 is 0 Å². The first-order valence-corrected chi connectivity index (χ1v) is 6.60. The van der Waals surface area contributed by atoms with Crippen molar-refractivity contribution in [1.29, 1.82) is 0 Å². The van der Waals surface area contributed by atoms with Crippen molar-refractivity contribution < 1.29 is 14.7 Å².